The van der Waals surface area contributed by atoms with Crippen molar-refractivity contribution < 1.29 is 9.53 Å². The first-order chi connectivity index (χ1) is 14.0. The van der Waals surface area contributed by atoms with E-state index >= 15 is 0 Å². The van der Waals surface area contributed by atoms with Crippen molar-refractivity contribution in [3.63, 3.8) is 0 Å². The predicted octanol–water partition coefficient (Wildman–Crippen LogP) is 4.86. The lowest BCUT2D eigenvalue weighted by Crippen LogP contribution is -2.35. The molecule has 29 heavy (non-hydrogen) atoms. The zero-order valence-electron chi connectivity index (χ0n) is 16.1. The smallest absolute Gasteiger partial charge is 0.283 e. The van der Waals surface area contributed by atoms with E-state index in [1.165, 1.54) is 16.8 Å². The zero-order valence-corrected chi connectivity index (χ0v) is 16.9. The number of hydrogen-bond donors (Lipinski definition) is 1. The van der Waals surface area contributed by atoms with Crippen molar-refractivity contribution in [3.8, 4) is 5.75 Å². The van der Waals surface area contributed by atoms with Gasteiger partial charge in [-0.15, -0.1) is 0 Å². The molecule has 2 aliphatic rings. The number of ether oxygens (including phenoxy) is 1. The van der Waals surface area contributed by atoms with Gasteiger partial charge in [0, 0.05) is 0 Å². The van der Waals surface area contributed by atoms with Crippen LogP contribution in [0.1, 0.15) is 37.5 Å². The number of hydrazone groups is 1. The van der Waals surface area contributed by atoms with Gasteiger partial charge >= 0.3 is 0 Å². The van der Waals surface area contributed by atoms with Crippen molar-refractivity contribution in [2.75, 3.05) is 0 Å². The minimum atomic E-state index is -0.417. The van der Waals surface area contributed by atoms with Crippen molar-refractivity contribution in [3.05, 3.63) is 71.3 Å². The molecule has 0 bridgehead atoms. The molecular formula is C22H20N4O2S. The van der Waals surface area contributed by atoms with Gasteiger partial charge in [-0.25, -0.2) is 0 Å². The number of fused-ring (bicyclic) bond motifs is 1. The molecule has 4 rings (SSSR count). The van der Waals surface area contributed by atoms with E-state index in [0.717, 1.165) is 28.3 Å². The Kier molecular flexibility index (Phi) is 5.31. The summed E-state index contributed by atoms with van der Waals surface area (Å²) in [5.74, 6) is 0.371. The topological polar surface area (TPSA) is 78.1 Å². The van der Waals surface area contributed by atoms with E-state index in [9.17, 15) is 4.79 Å². The first-order valence-corrected chi connectivity index (χ1v) is 10.2. The number of carbonyl (C=O) groups excluding carboxylic acids is 1. The van der Waals surface area contributed by atoms with Gasteiger partial charge in [0.15, 0.2) is 5.84 Å². The second-order valence-electron chi connectivity index (χ2n) is 6.61. The number of carbonyl (C=O) groups is 1. The van der Waals surface area contributed by atoms with Crippen molar-refractivity contribution in [2.24, 2.45) is 10.1 Å². The van der Waals surface area contributed by atoms with Gasteiger partial charge in [-0.2, -0.15) is 15.1 Å². The molecule has 2 aliphatic heterocycles. The second-order valence-corrected chi connectivity index (χ2v) is 7.65. The van der Waals surface area contributed by atoms with Crippen LogP contribution in [0.25, 0.3) is 6.08 Å². The summed E-state index contributed by atoms with van der Waals surface area (Å²) in [6.07, 6.45) is 2.34. The van der Waals surface area contributed by atoms with Gasteiger partial charge in [-0.3, -0.25) is 10.2 Å². The van der Waals surface area contributed by atoms with E-state index in [0.29, 0.717) is 5.17 Å². The number of amides is 1. The highest BCUT2D eigenvalue weighted by Crippen LogP contribution is 2.29. The molecule has 0 unspecified atom stereocenters. The van der Waals surface area contributed by atoms with E-state index in [1.807, 2.05) is 68.4 Å². The summed E-state index contributed by atoms with van der Waals surface area (Å²) in [6, 6.07) is 17.4. The molecule has 0 aliphatic carbocycles. The summed E-state index contributed by atoms with van der Waals surface area (Å²) in [5.41, 5.74) is 2.12. The Hall–Kier alpha value is -3.19. The standard InChI is InChI=1S/C22H20N4O2S/c1-3-19-25-26-20(23)18(21(27)24-22(26)29-19)13-15-9-11-17(12-10-15)28-14(2)16-7-5-4-6-8-16/h4-14,23H,3H2,1-2H3/b18-13+,23-20?/t14-/m1/s1. The van der Waals surface area contributed by atoms with Crippen LogP contribution in [-0.4, -0.2) is 27.0 Å². The fourth-order valence-corrected chi connectivity index (χ4v) is 3.80. The molecule has 0 spiro atoms. The Labute approximate surface area is 173 Å². The van der Waals surface area contributed by atoms with Gasteiger partial charge in [0.05, 0.1) is 5.57 Å². The largest absolute Gasteiger partial charge is 0.486 e. The number of hydrogen-bond acceptors (Lipinski definition) is 5. The fourth-order valence-electron chi connectivity index (χ4n) is 2.98. The molecule has 0 saturated heterocycles. The molecule has 0 radical (unpaired) electrons. The molecule has 2 heterocycles. The van der Waals surface area contributed by atoms with Crippen molar-refractivity contribution in [1.29, 1.82) is 5.41 Å². The first-order valence-electron chi connectivity index (χ1n) is 9.36. The predicted molar refractivity (Wildman–Crippen MR) is 117 cm³/mol. The van der Waals surface area contributed by atoms with Gasteiger partial charge in [-0.1, -0.05) is 49.4 Å². The lowest BCUT2D eigenvalue weighted by molar-refractivity contribution is -0.114. The third-order valence-electron chi connectivity index (χ3n) is 4.57. The molecule has 0 fully saturated rings. The zero-order chi connectivity index (χ0) is 20.4. The Morgan fingerprint density at radius 1 is 1.17 bits per heavy atom. The molecule has 2 aromatic carbocycles. The maximum absolute atomic E-state index is 12.4. The molecule has 6 nitrogen and oxygen atoms in total. The van der Waals surface area contributed by atoms with Gasteiger partial charge in [0.1, 0.15) is 16.9 Å². The molecule has 0 saturated carbocycles. The van der Waals surface area contributed by atoms with Crippen molar-refractivity contribution >= 4 is 39.8 Å². The van der Waals surface area contributed by atoms with E-state index in [2.05, 4.69) is 10.1 Å². The van der Waals surface area contributed by atoms with E-state index < -0.39 is 5.91 Å². The van der Waals surface area contributed by atoms with Gasteiger partial charge in [-0.05, 0) is 54.4 Å². The highest BCUT2D eigenvalue weighted by molar-refractivity contribution is 8.26. The molecule has 1 atom stereocenters. The lowest BCUT2D eigenvalue weighted by Gasteiger charge is -2.20. The Balaban J connectivity index is 1.51. The quantitative estimate of drug-likeness (QED) is 0.722. The number of amidine groups is 2. The molecule has 7 heteroatoms. The summed E-state index contributed by atoms with van der Waals surface area (Å²) in [6.45, 7) is 3.98. The van der Waals surface area contributed by atoms with Crippen molar-refractivity contribution in [2.45, 2.75) is 26.4 Å². The van der Waals surface area contributed by atoms with Crippen LogP contribution >= 0.6 is 11.8 Å². The van der Waals surface area contributed by atoms with E-state index in [1.54, 1.807) is 6.08 Å². The van der Waals surface area contributed by atoms with Gasteiger partial charge in [0.25, 0.3) is 5.91 Å². The van der Waals surface area contributed by atoms with E-state index in [-0.39, 0.29) is 17.5 Å². The number of benzene rings is 2. The molecule has 2 aromatic rings. The number of aliphatic imine (C=N–C) groups is 1. The Morgan fingerprint density at radius 3 is 2.59 bits per heavy atom. The van der Waals surface area contributed by atoms with Crippen LogP contribution < -0.4 is 4.74 Å². The average Bonchev–Trinajstić information content (AvgIpc) is 3.16. The monoisotopic (exact) mass is 404 g/mol. The minimum absolute atomic E-state index is 0.0500. The van der Waals surface area contributed by atoms with Crippen LogP contribution in [0.3, 0.4) is 0 Å². The van der Waals surface area contributed by atoms with Crippen LogP contribution in [0.15, 0.2) is 70.3 Å². The molecule has 1 amide bonds. The Morgan fingerprint density at radius 2 is 1.90 bits per heavy atom. The second kappa shape index (κ2) is 8.05. The molecule has 1 N–H and O–H groups in total. The van der Waals surface area contributed by atoms with Gasteiger partial charge in [0.2, 0.25) is 5.17 Å². The highest BCUT2D eigenvalue weighted by Gasteiger charge is 2.35. The first kappa shape index (κ1) is 19.1. The van der Waals surface area contributed by atoms with Crippen LogP contribution in [0.2, 0.25) is 0 Å². The minimum Gasteiger partial charge on any atom is -0.486 e. The number of nitrogens with one attached hydrogen (secondary N) is 1. The van der Waals surface area contributed by atoms with Crippen LogP contribution in [0, 0.1) is 5.41 Å². The highest BCUT2D eigenvalue weighted by atomic mass is 32.2. The third kappa shape index (κ3) is 4.00. The molecule has 0 aromatic heterocycles. The third-order valence-corrected chi connectivity index (χ3v) is 5.62. The molecular weight excluding hydrogens is 384 g/mol. The normalized spacial score (nSPS) is 18.4. The van der Waals surface area contributed by atoms with E-state index in [4.69, 9.17) is 10.1 Å². The summed E-state index contributed by atoms with van der Waals surface area (Å²) in [7, 11) is 0. The van der Waals surface area contributed by atoms with Crippen LogP contribution in [0.5, 0.6) is 5.75 Å². The summed E-state index contributed by atoms with van der Waals surface area (Å²) >= 11 is 1.34. The summed E-state index contributed by atoms with van der Waals surface area (Å²) in [5, 5.41) is 15.4. The van der Waals surface area contributed by atoms with Crippen LogP contribution in [0.4, 0.5) is 0 Å². The SMILES string of the molecule is CCC1=NN2C(=N)/C(=C\c3ccc(O[C@H](C)c4ccccc4)cc3)C(=O)N=C2S1. The maximum Gasteiger partial charge on any atom is 0.283 e. The number of nitrogens with zero attached hydrogens (tertiary/aromatic N) is 3. The van der Waals surface area contributed by atoms with Crippen molar-refractivity contribution in [1.82, 2.24) is 5.01 Å². The maximum atomic E-state index is 12.4. The van der Waals surface area contributed by atoms with Crippen LogP contribution in [-0.2, 0) is 4.79 Å². The average molecular weight is 404 g/mol. The number of thioether (sulfide) groups is 1. The summed E-state index contributed by atoms with van der Waals surface area (Å²) < 4.78 is 5.99. The number of rotatable bonds is 5. The summed E-state index contributed by atoms with van der Waals surface area (Å²) in [4.78, 5) is 16.5. The fraction of sp³-hybridized carbons (Fsp3) is 0.182. The molecule has 146 valence electrons. The van der Waals surface area contributed by atoms with Gasteiger partial charge < -0.3 is 4.74 Å². The lowest BCUT2D eigenvalue weighted by atomic mass is 10.1. The Bertz CT molecular complexity index is 1040.